The lowest BCUT2D eigenvalue weighted by Gasteiger charge is -2.01. The molecule has 2 aromatic heterocycles. The summed E-state index contributed by atoms with van der Waals surface area (Å²) < 4.78 is 6.39. The summed E-state index contributed by atoms with van der Waals surface area (Å²) in [7, 11) is 0. The monoisotopic (exact) mass is 375 g/mol. The van der Waals surface area contributed by atoms with Gasteiger partial charge in [-0.15, -0.1) is 0 Å². The fourth-order valence-corrected chi connectivity index (χ4v) is 3.14. The summed E-state index contributed by atoms with van der Waals surface area (Å²) in [6.45, 7) is 1.88. The third-order valence-electron chi connectivity index (χ3n) is 3.27. The maximum Gasteiger partial charge on any atom is 0.331 e. The molecule has 0 bridgehead atoms. The molecular weight excluding hydrogens is 362 g/mol. The molecule has 0 fully saturated rings. The first-order valence-electron chi connectivity index (χ1n) is 7.54. The first kappa shape index (κ1) is 17.3. The van der Waals surface area contributed by atoms with Crippen LogP contribution in [0.3, 0.4) is 0 Å². The zero-order valence-electron chi connectivity index (χ0n) is 13.3. The van der Waals surface area contributed by atoms with E-state index < -0.39 is 5.97 Å². The van der Waals surface area contributed by atoms with Crippen LogP contribution in [0.2, 0.25) is 5.02 Å². The highest BCUT2D eigenvalue weighted by molar-refractivity contribution is 7.16. The fourth-order valence-electron chi connectivity index (χ4n) is 2.08. The SMILES string of the molecule is CCc1nn2c(=O)cc(COC(=O)/C=C/c3cccc(Cl)c3)nc2s1. The minimum Gasteiger partial charge on any atom is -0.456 e. The zero-order valence-corrected chi connectivity index (χ0v) is 14.9. The number of esters is 1. The zero-order chi connectivity index (χ0) is 17.8. The molecule has 8 heteroatoms. The van der Waals surface area contributed by atoms with Crippen LogP contribution in [0, 0.1) is 0 Å². The van der Waals surface area contributed by atoms with Crippen LogP contribution in [0.4, 0.5) is 0 Å². The first-order chi connectivity index (χ1) is 12.0. The van der Waals surface area contributed by atoms with Crippen molar-refractivity contribution in [1.29, 1.82) is 0 Å². The molecule has 0 spiro atoms. The van der Waals surface area contributed by atoms with Crippen LogP contribution in [0.1, 0.15) is 23.2 Å². The van der Waals surface area contributed by atoms with E-state index in [1.54, 1.807) is 24.3 Å². The summed E-state index contributed by atoms with van der Waals surface area (Å²) in [5.74, 6) is -0.527. The number of aromatic nitrogens is 3. The van der Waals surface area contributed by atoms with Crippen molar-refractivity contribution >= 4 is 39.9 Å². The van der Waals surface area contributed by atoms with Gasteiger partial charge in [-0.3, -0.25) is 4.79 Å². The molecular formula is C17H14ClN3O3S. The van der Waals surface area contributed by atoms with Crippen molar-refractivity contribution in [2.24, 2.45) is 0 Å². The van der Waals surface area contributed by atoms with Crippen molar-refractivity contribution in [3.8, 4) is 0 Å². The van der Waals surface area contributed by atoms with Crippen molar-refractivity contribution in [3.63, 3.8) is 0 Å². The topological polar surface area (TPSA) is 73.6 Å². The quantitative estimate of drug-likeness (QED) is 0.506. The van der Waals surface area contributed by atoms with E-state index in [0.29, 0.717) is 15.7 Å². The summed E-state index contributed by atoms with van der Waals surface area (Å²) in [6, 6.07) is 8.42. The standard InChI is InChI=1S/C17H14ClN3O3S/c1-2-14-20-21-15(22)9-13(19-17(21)25-14)10-24-16(23)7-6-11-4-3-5-12(18)8-11/h3-9H,2,10H2,1H3/b7-6+. The molecule has 0 aliphatic heterocycles. The molecule has 128 valence electrons. The second-order valence-electron chi connectivity index (χ2n) is 5.13. The molecule has 0 atom stereocenters. The van der Waals surface area contributed by atoms with E-state index in [-0.39, 0.29) is 12.2 Å². The lowest BCUT2D eigenvalue weighted by atomic mass is 10.2. The van der Waals surface area contributed by atoms with Crippen LogP contribution in [0.5, 0.6) is 0 Å². The Bertz CT molecular complexity index is 1010. The summed E-state index contributed by atoms with van der Waals surface area (Å²) >= 11 is 7.22. The Balaban J connectivity index is 1.67. The first-order valence-corrected chi connectivity index (χ1v) is 8.73. The van der Waals surface area contributed by atoms with Gasteiger partial charge < -0.3 is 4.74 Å². The molecule has 0 saturated heterocycles. The number of fused-ring (bicyclic) bond motifs is 1. The minimum absolute atomic E-state index is 0.0795. The van der Waals surface area contributed by atoms with Crippen molar-refractivity contribution in [2.45, 2.75) is 20.0 Å². The van der Waals surface area contributed by atoms with E-state index in [2.05, 4.69) is 10.1 Å². The van der Waals surface area contributed by atoms with Gasteiger partial charge in [-0.05, 0) is 30.2 Å². The number of benzene rings is 1. The molecule has 1 aromatic carbocycles. The molecule has 0 aliphatic rings. The molecule has 3 rings (SSSR count). The van der Waals surface area contributed by atoms with E-state index in [0.717, 1.165) is 17.0 Å². The van der Waals surface area contributed by atoms with Crippen LogP contribution in [-0.2, 0) is 22.6 Å². The van der Waals surface area contributed by atoms with Gasteiger partial charge in [-0.25, -0.2) is 9.78 Å². The lowest BCUT2D eigenvalue weighted by molar-refractivity contribution is -0.139. The van der Waals surface area contributed by atoms with E-state index in [1.165, 1.54) is 28.0 Å². The Morgan fingerprint density at radius 1 is 1.40 bits per heavy atom. The lowest BCUT2D eigenvalue weighted by Crippen LogP contribution is -2.16. The molecule has 0 radical (unpaired) electrons. The third-order valence-corrected chi connectivity index (χ3v) is 4.55. The fraction of sp³-hybridized carbons (Fsp3) is 0.176. The molecule has 0 unspecified atom stereocenters. The van der Waals surface area contributed by atoms with Gasteiger partial charge in [0.05, 0.1) is 5.69 Å². The van der Waals surface area contributed by atoms with E-state index >= 15 is 0 Å². The highest BCUT2D eigenvalue weighted by Gasteiger charge is 2.09. The van der Waals surface area contributed by atoms with Gasteiger partial charge in [0, 0.05) is 17.2 Å². The number of carbonyl (C=O) groups excluding carboxylic acids is 1. The molecule has 25 heavy (non-hydrogen) atoms. The van der Waals surface area contributed by atoms with E-state index in [4.69, 9.17) is 16.3 Å². The van der Waals surface area contributed by atoms with Crippen molar-refractivity contribution in [2.75, 3.05) is 0 Å². The van der Waals surface area contributed by atoms with Crippen LogP contribution in [-0.4, -0.2) is 20.6 Å². The van der Waals surface area contributed by atoms with Gasteiger partial charge in [-0.1, -0.05) is 42.0 Å². The smallest absolute Gasteiger partial charge is 0.331 e. The van der Waals surface area contributed by atoms with Gasteiger partial charge in [0.25, 0.3) is 5.56 Å². The highest BCUT2D eigenvalue weighted by Crippen LogP contribution is 2.13. The van der Waals surface area contributed by atoms with Crippen molar-refractivity contribution in [3.05, 3.63) is 68.0 Å². The number of nitrogens with zero attached hydrogens (tertiary/aromatic N) is 3. The normalized spacial score (nSPS) is 11.3. The molecule has 0 amide bonds. The molecule has 0 N–H and O–H groups in total. The summed E-state index contributed by atoms with van der Waals surface area (Å²) in [5, 5.41) is 5.58. The van der Waals surface area contributed by atoms with Gasteiger partial charge >= 0.3 is 5.97 Å². The second kappa shape index (κ2) is 7.58. The molecule has 0 aliphatic carbocycles. The van der Waals surface area contributed by atoms with Crippen LogP contribution in [0.15, 0.2) is 41.2 Å². The average Bonchev–Trinajstić information content (AvgIpc) is 3.02. The Labute approximate surface area is 152 Å². The molecule has 6 nitrogen and oxygen atoms in total. The second-order valence-corrected chi connectivity index (χ2v) is 6.60. The largest absolute Gasteiger partial charge is 0.456 e. The number of rotatable bonds is 5. The third kappa shape index (κ3) is 4.32. The van der Waals surface area contributed by atoms with E-state index in [1.807, 2.05) is 13.0 Å². The number of aryl methyl sites for hydroxylation is 1. The summed E-state index contributed by atoms with van der Waals surface area (Å²) in [4.78, 5) is 28.6. The van der Waals surface area contributed by atoms with Gasteiger partial charge in [0.1, 0.15) is 11.6 Å². The Hall–Kier alpha value is -2.51. The van der Waals surface area contributed by atoms with Crippen LogP contribution < -0.4 is 5.56 Å². The van der Waals surface area contributed by atoms with Crippen molar-refractivity contribution in [1.82, 2.24) is 14.6 Å². The summed E-state index contributed by atoms with van der Waals surface area (Å²) in [6.07, 6.45) is 3.64. The Morgan fingerprint density at radius 2 is 2.24 bits per heavy atom. The number of hydrogen-bond donors (Lipinski definition) is 0. The van der Waals surface area contributed by atoms with Crippen molar-refractivity contribution < 1.29 is 9.53 Å². The highest BCUT2D eigenvalue weighted by atomic mass is 35.5. The van der Waals surface area contributed by atoms with Gasteiger partial charge in [0.2, 0.25) is 4.96 Å². The molecule has 2 heterocycles. The number of halogens is 1. The Morgan fingerprint density at radius 3 is 3.00 bits per heavy atom. The Kier molecular flexibility index (Phi) is 5.25. The minimum atomic E-state index is -0.527. The van der Waals surface area contributed by atoms with Crippen LogP contribution in [0.25, 0.3) is 11.0 Å². The number of hydrogen-bond acceptors (Lipinski definition) is 6. The van der Waals surface area contributed by atoms with Crippen LogP contribution >= 0.6 is 22.9 Å². The average molecular weight is 376 g/mol. The molecule has 0 saturated carbocycles. The number of ether oxygens (including phenoxy) is 1. The molecule has 3 aromatic rings. The predicted octanol–water partition coefficient (Wildman–Crippen LogP) is 3.12. The van der Waals surface area contributed by atoms with E-state index in [9.17, 15) is 9.59 Å². The maximum absolute atomic E-state index is 12.0. The number of carbonyl (C=O) groups is 1. The predicted molar refractivity (Wildman–Crippen MR) is 96.8 cm³/mol. The van der Waals surface area contributed by atoms with Gasteiger partial charge in [-0.2, -0.15) is 9.61 Å². The maximum atomic E-state index is 12.0. The summed E-state index contributed by atoms with van der Waals surface area (Å²) in [5.41, 5.74) is 0.890. The van der Waals surface area contributed by atoms with Gasteiger partial charge in [0.15, 0.2) is 0 Å².